The second kappa shape index (κ2) is 10.9. The van der Waals surface area contributed by atoms with Gasteiger partial charge in [-0.1, -0.05) is 31.1 Å². The van der Waals surface area contributed by atoms with Crippen LogP contribution < -0.4 is 15.4 Å². The molecule has 9 heteroatoms. The van der Waals surface area contributed by atoms with Crippen LogP contribution in [0.25, 0.3) is 0 Å². The lowest BCUT2D eigenvalue weighted by atomic mass is 10.1. The molecule has 0 aliphatic heterocycles. The lowest BCUT2D eigenvalue weighted by molar-refractivity contribution is -0.0498. The van der Waals surface area contributed by atoms with Crippen molar-refractivity contribution in [2.45, 2.75) is 39.5 Å². The summed E-state index contributed by atoms with van der Waals surface area (Å²) in [5.41, 5.74) is 1.69. The smallest absolute Gasteiger partial charge is 0.387 e. The Labute approximate surface area is 168 Å². The van der Waals surface area contributed by atoms with Gasteiger partial charge < -0.3 is 19.9 Å². The minimum atomic E-state index is -2.84. The van der Waals surface area contributed by atoms with E-state index >= 15 is 0 Å². The van der Waals surface area contributed by atoms with Gasteiger partial charge in [0.05, 0.1) is 12.2 Å². The summed E-state index contributed by atoms with van der Waals surface area (Å²) >= 11 is 0. The van der Waals surface area contributed by atoms with Crippen molar-refractivity contribution in [3.8, 4) is 5.75 Å². The zero-order valence-electron chi connectivity index (χ0n) is 14.8. The molecule has 2 aromatic rings. The fourth-order valence-corrected chi connectivity index (χ4v) is 2.09. The number of hydrogen-bond donors (Lipinski definition) is 2. The van der Waals surface area contributed by atoms with Crippen LogP contribution in [0.1, 0.15) is 36.8 Å². The number of nitrogens with one attached hydrogen (secondary N) is 2. The van der Waals surface area contributed by atoms with Gasteiger partial charge in [-0.3, -0.25) is 4.99 Å². The Morgan fingerprint density at radius 3 is 2.58 bits per heavy atom. The molecule has 0 saturated carbocycles. The summed E-state index contributed by atoms with van der Waals surface area (Å²) in [6, 6.07) is 8.41. The van der Waals surface area contributed by atoms with Crippen LogP contribution in [0.5, 0.6) is 5.75 Å². The second-order valence-electron chi connectivity index (χ2n) is 5.68. The third-order valence-electron chi connectivity index (χ3n) is 3.41. The van der Waals surface area contributed by atoms with Crippen molar-refractivity contribution in [1.29, 1.82) is 0 Å². The van der Waals surface area contributed by atoms with Gasteiger partial charge in [-0.15, -0.1) is 24.0 Å². The van der Waals surface area contributed by atoms with Gasteiger partial charge in [0.15, 0.2) is 11.7 Å². The number of hydrogen-bond acceptors (Lipinski definition) is 4. The molecule has 0 aliphatic rings. The number of alkyl halides is 2. The maximum atomic E-state index is 12.3. The highest BCUT2D eigenvalue weighted by Gasteiger charge is 2.08. The SMILES string of the molecule is CN=C(NCc1cccc(OC(F)F)c1)NCc1cc(C(C)C)no1.I. The molecule has 0 atom stereocenters. The lowest BCUT2D eigenvalue weighted by Crippen LogP contribution is -2.36. The molecule has 1 aromatic carbocycles. The zero-order chi connectivity index (χ0) is 18.2. The molecule has 144 valence electrons. The van der Waals surface area contributed by atoms with Gasteiger partial charge in [0.1, 0.15) is 5.75 Å². The van der Waals surface area contributed by atoms with Gasteiger partial charge in [0.2, 0.25) is 0 Å². The third-order valence-corrected chi connectivity index (χ3v) is 3.41. The summed E-state index contributed by atoms with van der Waals surface area (Å²) in [5, 5.41) is 10.2. The average molecular weight is 480 g/mol. The van der Waals surface area contributed by atoms with Crippen molar-refractivity contribution in [3.63, 3.8) is 0 Å². The number of aromatic nitrogens is 1. The highest BCUT2D eigenvalue weighted by Crippen LogP contribution is 2.16. The topological polar surface area (TPSA) is 71.7 Å². The van der Waals surface area contributed by atoms with Crippen LogP contribution in [0.15, 0.2) is 39.8 Å². The number of rotatable bonds is 7. The number of ether oxygens (including phenoxy) is 1. The highest BCUT2D eigenvalue weighted by molar-refractivity contribution is 14.0. The van der Waals surface area contributed by atoms with Gasteiger partial charge in [-0.2, -0.15) is 8.78 Å². The minimum absolute atomic E-state index is 0. The fourth-order valence-electron chi connectivity index (χ4n) is 2.09. The van der Waals surface area contributed by atoms with Gasteiger partial charge in [0, 0.05) is 19.7 Å². The van der Waals surface area contributed by atoms with E-state index in [-0.39, 0.29) is 29.7 Å². The molecular weight excluding hydrogens is 457 g/mol. The standard InChI is InChI=1S/C17H22F2N4O2.HI/c1-11(2)15-8-14(25-23-15)10-22-17(20-3)21-9-12-5-4-6-13(7-12)24-16(18)19;/h4-8,11,16H,9-10H2,1-3H3,(H2,20,21,22);1H. The summed E-state index contributed by atoms with van der Waals surface area (Å²) in [5.74, 6) is 1.69. The lowest BCUT2D eigenvalue weighted by Gasteiger charge is -2.11. The van der Waals surface area contributed by atoms with E-state index in [9.17, 15) is 8.78 Å². The van der Waals surface area contributed by atoms with Gasteiger partial charge in [0.25, 0.3) is 0 Å². The van der Waals surface area contributed by atoms with Crippen LogP contribution in [-0.2, 0) is 13.1 Å². The monoisotopic (exact) mass is 480 g/mol. The molecule has 0 unspecified atom stereocenters. The maximum absolute atomic E-state index is 12.3. The number of aliphatic imine (C=N–C) groups is 1. The molecule has 0 radical (unpaired) electrons. The molecule has 0 amide bonds. The average Bonchev–Trinajstić information content (AvgIpc) is 3.04. The van der Waals surface area contributed by atoms with E-state index in [1.807, 2.05) is 26.0 Å². The number of halogens is 3. The van der Waals surface area contributed by atoms with Crippen LogP contribution in [-0.4, -0.2) is 24.8 Å². The Kier molecular flexibility index (Phi) is 9.31. The Bertz CT molecular complexity index is 708. The van der Waals surface area contributed by atoms with E-state index in [0.717, 1.165) is 11.3 Å². The molecule has 1 heterocycles. The predicted octanol–water partition coefficient (Wildman–Crippen LogP) is 3.88. The number of guanidine groups is 1. The largest absolute Gasteiger partial charge is 0.435 e. The van der Waals surface area contributed by atoms with E-state index < -0.39 is 6.61 Å². The van der Waals surface area contributed by atoms with Crippen molar-refractivity contribution < 1.29 is 18.0 Å². The number of nitrogens with zero attached hydrogens (tertiary/aromatic N) is 2. The molecule has 0 aliphatic carbocycles. The molecule has 0 spiro atoms. The van der Waals surface area contributed by atoms with Crippen molar-refractivity contribution in [2.24, 2.45) is 4.99 Å². The molecule has 0 fully saturated rings. The van der Waals surface area contributed by atoms with Crippen molar-refractivity contribution in [1.82, 2.24) is 15.8 Å². The summed E-state index contributed by atoms with van der Waals surface area (Å²) in [6.45, 7) is 2.10. The molecule has 26 heavy (non-hydrogen) atoms. The fraction of sp³-hybridized carbons (Fsp3) is 0.412. The van der Waals surface area contributed by atoms with E-state index in [1.54, 1.807) is 19.2 Å². The molecular formula is C17H23F2IN4O2. The van der Waals surface area contributed by atoms with Crippen LogP contribution in [0.2, 0.25) is 0 Å². The quantitative estimate of drug-likeness (QED) is 0.358. The van der Waals surface area contributed by atoms with Crippen molar-refractivity contribution in [3.05, 3.63) is 47.3 Å². The first-order valence-electron chi connectivity index (χ1n) is 7.91. The second-order valence-corrected chi connectivity index (χ2v) is 5.68. The number of benzene rings is 1. The maximum Gasteiger partial charge on any atom is 0.387 e. The minimum Gasteiger partial charge on any atom is -0.435 e. The Hall–Kier alpha value is -1.91. The van der Waals surface area contributed by atoms with Crippen molar-refractivity contribution in [2.75, 3.05) is 7.05 Å². The summed E-state index contributed by atoms with van der Waals surface area (Å²) in [6.07, 6.45) is 0. The van der Waals surface area contributed by atoms with Crippen LogP contribution in [0.3, 0.4) is 0 Å². The zero-order valence-corrected chi connectivity index (χ0v) is 17.2. The Balaban J connectivity index is 0.00000338. The molecule has 1 aromatic heterocycles. The van der Waals surface area contributed by atoms with Gasteiger partial charge >= 0.3 is 6.61 Å². The summed E-state index contributed by atoms with van der Waals surface area (Å²) in [4.78, 5) is 4.11. The van der Waals surface area contributed by atoms with E-state index in [2.05, 4.69) is 25.5 Å². The Morgan fingerprint density at radius 1 is 1.23 bits per heavy atom. The van der Waals surface area contributed by atoms with E-state index in [4.69, 9.17) is 4.52 Å². The Morgan fingerprint density at radius 2 is 1.96 bits per heavy atom. The van der Waals surface area contributed by atoms with Crippen molar-refractivity contribution >= 4 is 29.9 Å². The highest BCUT2D eigenvalue weighted by atomic mass is 127. The van der Waals surface area contributed by atoms with Gasteiger partial charge in [-0.05, 0) is 23.6 Å². The summed E-state index contributed by atoms with van der Waals surface area (Å²) in [7, 11) is 1.64. The van der Waals surface area contributed by atoms with Gasteiger partial charge in [-0.25, -0.2) is 0 Å². The molecule has 2 N–H and O–H groups in total. The van der Waals surface area contributed by atoms with Crippen LogP contribution >= 0.6 is 24.0 Å². The van der Waals surface area contributed by atoms with Crippen LogP contribution in [0.4, 0.5) is 8.78 Å². The van der Waals surface area contributed by atoms with E-state index in [0.29, 0.717) is 30.7 Å². The molecule has 0 bridgehead atoms. The molecule has 2 rings (SSSR count). The summed E-state index contributed by atoms with van der Waals surface area (Å²) < 4.78 is 34.1. The first kappa shape index (κ1) is 22.1. The first-order chi connectivity index (χ1) is 12.0. The normalized spacial score (nSPS) is 11.4. The molecule has 0 saturated heterocycles. The van der Waals surface area contributed by atoms with Crippen LogP contribution in [0, 0.1) is 0 Å². The first-order valence-corrected chi connectivity index (χ1v) is 7.91. The predicted molar refractivity (Wildman–Crippen MR) is 106 cm³/mol. The third kappa shape index (κ3) is 7.14. The van der Waals surface area contributed by atoms with E-state index in [1.165, 1.54) is 6.07 Å². The molecule has 6 nitrogen and oxygen atoms in total.